The highest BCUT2D eigenvalue weighted by Crippen LogP contribution is 2.19. The molecule has 2 aromatic heterocycles. The van der Waals surface area contributed by atoms with Gasteiger partial charge in [0.25, 0.3) is 0 Å². The van der Waals surface area contributed by atoms with Crippen LogP contribution in [-0.2, 0) is 57.6 Å². The Balaban J connectivity index is 1.51. The molecule has 67 heavy (non-hydrogen) atoms. The Bertz CT molecular complexity index is 2330. The van der Waals surface area contributed by atoms with Crippen molar-refractivity contribution in [3.63, 3.8) is 0 Å². The van der Waals surface area contributed by atoms with E-state index in [0.29, 0.717) is 24.1 Å². The number of aliphatic imine (C=N–C) groups is 1. The normalized spacial score (nSPS) is 13.6. The van der Waals surface area contributed by atoms with Crippen molar-refractivity contribution in [1.29, 1.82) is 0 Å². The molecule has 0 aliphatic heterocycles. The minimum Gasteiger partial charge on any atom is -0.370 e. The number of para-hydroxylation sites is 1. The summed E-state index contributed by atoms with van der Waals surface area (Å²) < 4.78 is 0. The van der Waals surface area contributed by atoms with Crippen LogP contribution in [0.1, 0.15) is 69.7 Å². The fraction of sp³-hybridized carbons (Fsp3) is 0.422. The zero-order valence-corrected chi connectivity index (χ0v) is 37.9. The molecule has 0 spiro atoms. The molecule has 0 saturated heterocycles. The SMILES string of the molecule is CCCC[C@H](NC(C)=O)C(=O)NCC(=O)N[C@@H](Cc1cnc[nH]1)C(=O)NC(Cc1ccccc1)C(=O)N[C@@H](CCCN=C(N)N)C(=O)NC(C)C(=O)NC(Cc1c[nH]c2ccccc12)C(N)=O. The van der Waals surface area contributed by atoms with Crippen molar-refractivity contribution in [3.8, 4) is 0 Å². The van der Waals surface area contributed by atoms with E-state index in [0.717, 1.165) is 22.9 Å². The molecule has 22 nitrogen and oxygen atoms in total. The predicted molar refractivity (Wildman–Crippen MR) is 249 cm³/mol. The number of H-pyrrole nitrogens is 2. The Morgan fingerprint density at radius 3 is 1.96 bits per heavy atom. The van der Waals surface area contributed by atoms with E-state index in [-0.39, 0.29) is 44.6 Å². The zero-order chi connectivity index (χ0) is 48.9. The number of nitrogens with one attached hydrogen (secondary N) is 9. The van der Waals surface area contributed by atoms with Crippen LogP contribution in [0.25, 0.3) is 10.9 Å². The van der Waals surface area contributed by atoms with Crippen LogP contribution in [0.5, 0.6) is 0 Å². The number of aromatic amines is 2. The van der Waals surface area contributed by atoms with Crippen LogP contribution >= 0.6 is 0 Å². The Kier molecular flexibility index (Phi) is 20.3. The number of hydrogen-bond acceptors (Lipinski definition) is 10. The van der Waals surface area contributed by atoms with Crippen LogP contribution in [0.2, 0.25) is 0 Å². The summed E-state index contributed by atoms with van der Waals surface area (Å²) in [5, 5.41) is 19.2. The maximum Gasteiger partial charge on any atom is 0.243 e. The van der Waals surface area contributed by atoms with Gasteiger partial charge in [0.2, 0.25) is 47.3 Å². The summed E-state index contributed by atoms with van der Waals surface area (Å²) in [5.41, 5.74) is 19.4. The van der Waals surface area contributed by atoms with Gasteiger partial charge in [0.05, 0.1) is 12.9 Å². The van der Waals surface area contributed by atoms with Crippen LogP contribution in [-0.4, -0.2) is 118 Å². The summed E-state index contributed by atoms with van der Waals surface area (Å²) in [6.45, 7) is 4.19. The number of hydrogen-bond donors (Lipinski definition) is 12. The predicted octanol–water partition coefficient (Wildman–Crippen LogP) is -1.29. The van der Waals surface area contributed by atoms with Gasteiger partial charge in [-0.2, -0.15) is 0 Å². The monoisotopic (exact) mass is 926 g/mol. The summed E-state index contributed by atoms with van der Waals surface area (Å²) >= 11 is 0. The second-order valence-electron chi connectivity index (χ2n) is 16.0. The van der Waals surface area contributed by atoms with Gasteiger partial charge in [0.1, 0.15) is 36.3 Å². The summed E-state index contributed by atoms with van der Waals surface area (Å²) in [6.07, 6.45) is 6.49. The third-order valence-electron chi connectivity index (χ3n) is 10.6. The zero-order valence-electron chi connectivity index (χ0n) is 37.9. The molecule has 6 atom stereocenters. The number of fused-ring (bicyclic) bond motifs is 1. The number of carbonyl (C=O) groups excluding carboxylic acids is 8. The number of primary amides is 1. The largest absolute Gasteiger partial charge is 0.370 e. The molecule has 0 aliphatic carbocycles. The Morgan fingerprint density at radius 1 is 0.672 bits per heavy atom. The van der Waals surface area contributed by atoms with Crippen molar-refractivity contribution in [2.24, 2.45) is 22.2 Å². The molecule has 0 fully saturated rings. The third-order valence-corrected chi connectivity index (χ3v) is 10.6. The molecule has 0 bridgehead atoms. The summed E-state index contributed by atoms with van der Waals surface area (Å²) in [6, 6.07) is 9.09. The summed E-state index contributed by atoms with van der Waals surface area (Å²) in [4.78, 5) is 120. The third kappa shape index (κ3) is 17.3. The van der Waals surface area contributed by atoms with Crippen LogP contribution in [0.3, 0.4) is 0 Å². The van der Waals surface area contributed by atoms with Crippen LogP contribution in [0.4, 0.5) is 0 Å². The molecule has 0 radical (unpaired) electrons. The van der Waals surface area contributed by atoms with Crippen molar-refractivity contribution in [2.75, 3.05) is 13.1 Å². The number of guanidine groups is 1. The van der Waals surface area contributed by atoms with E-state index in [4.69, 9.17) is 17.2 Å². The van der Waals surface area contributed by atoms with Gasteiger partial charge in [0, 0.05) is 61.7 Å². The number of imidazole rings is 1. The minimum absolute atomic E-state index is 0.00929. The first kappa shape index (κ1) is 51.9. The number of amides is 8. The molecule has 360 valence electrons. The Morgan fingerprint density at radius 2 is 1.30 bits per heavy atom. The highest BCUT2D eigenvalue weighted by Gasteiger charge is 2.32. The number of nitrogens with two attached hydrogens (primary N) is 3. The number of rotatable bonds is 27. The van der Waals surface area contributed by atoms with Crippen molar-refractivity contribution in [1.82, 2.24) is 52.2 Å². The van der Waals surface area contributed by atoms with Gasteiger partial charge in [-0.3, -0.25) is 43.3 Å². The molecule has 2 heterocycles. The Hall–Kier alpha value is -7.78. The highest BCUT2D eigenvalue weighted by atomic mass is 16.2. The maximum atomic E-state index is 14.3. The molecule has 0 saturated carbocycles. The molecule has 0 aliphatic rings. The minimum atomic E-state index is -1.32. The molecule has 4 aromatic rings. The van der Waals surface area contributed by atoms with E-state index < -0.39 is 90.1 Å². The van der Waals surface area contributed by atoms with E-state index in [1.807, 2.05) is 31.2 Å². The lowest BCUT2D eigenvalue weighted by molar-refractivity contribution is -0.135. The average molecular weight is 927 g/mol. The topological polar surface area (TPSA) is 356 Å². The standard InChI is InChI=1S/C45H62N14O8/c1-4-5-15-33(55-27(3)60)41(64)52-24-38(61)56-37(21-30-23-49-25-53-30)44(67)59-36(19-28-12-7-6-8-13-28)43(66)57-34(17-11-18-50-45(47)48)42(65)54-26(2)40(63)58-35(39(46)62)20-29-22-51-32-16-10-9-14-31(29)32/h6-10,12-14,16,22-23,25-26,33-37,51H,4-5,11,15,17-21,24H2,1-3H3,(H2,46,62)(H,49,53)(H,52,64)(H,54,65)(H,55,60)(H,56,61)(H,57,66)(H,58,63)(H,59,67)(H4,47,48,50)/t26?,33-,34-,35?,36?,37-/m0/s1. The van der Waals surface area contributed by atoms with Crippen LogP contribution < -0.4 is 54.4 Å². The molecule has 15 N–H and O–H groups in total. The number of unbranched alkanes of at least 4 members (excludes halogenated alkanes) is 1. The quantitative estimate of drug-likeness (QED) is 0.0190. The second kappa shape index (κ2) is 26.2. The van der Waals surface area contributed by atoms with Gasteiger partial charge in [-0.1, -0.05) is 68.3 Å². The van der Waals surface area contributed by atoms with Crippen molar-refractivity contribution >= 4 is 64.1 Å². The van der Waals surface area contributed by atoms with Crippen molar-refractivity contribution in [3.05, 3.63) is 90.1 Å². The lowest BCUT2D eigenvalue weighted by atomic mass is 10.0. The summed E-state index contributed by atoms with van der Waals surface area (Å²) in [5.74, 6) is -5.72. The van der Waals surface area contributed by atoms with E-state index in [1.54, 1.807) is 36.5 Å². The number of benzene rings is 2. The van der Waals surface area contributed by atoms with E-state index in [1.165, 1.54) is 26.4 Å². The fourth-order valence-electron chi connectivity index (χ4n) is 7.08. The second-order valence-corrected chi connectivity index (χ2v) is 16.0. The number of carbonyl (C=O) groups is 8. The lowest BCUT2D eigenvalue weighted by Crippen LogP contribution is -2.59. The highest BCUT2D eigenvalue weighted by molar-refractivity contribution is 5.97. The number of aromatic nitrogens is 3. The van der Waals surface area contributed by atoms with Crippen LogP contribution in [0.15, 0.2) is 78.3 Å². The molecule has 22 heteroatoms. The average Bonchev–Trinajstić information content (AvgIpc) is 3.97. The van der Waals surface area contributed by atoms with Crippen molar-refractivity contribution < 1.29 is 38.4 Å². The molecular weight excluding hydrogens is 865 g/mol. The molecular formula is C45H62N14O8. The van der Waals surface area contributed by atoms with E-state index >= 15 is 0 Å². The first-order valence-electron chi connectivity index (χ1n) is 22.0. The smallest absolute Gasteiger partial charge is 0.243 e. The van der Waals surface area contributed by atoms with Gasteiger partial charge < -0.3 is 64.4 Å². The number of nitrogens with zero attached hydrogens (tertiary/aromatic N) is 2. The molecule has 8 amide bonds. The fourth-order valence-corrected chi connectivity index (χ4v) is 7.08. The molecule has 4 rings (SSSR count). The van der Waals surface area contributed by atoms with E-state index in [9.17, 15) is 38.4 Å². The molecule has 3 unspecified atom stereocenters. The van der Waals surface area contributed by atoms with Crippen molar-refractivity contribution in [2.45, 2.75) is 108 Å². The van der Waals surface area contributed by atoms with E-state index in [2.05, 4.69) is 57.2 Å². The van der Waals surface area contributed by atoms with Gasteiger partial charge >= 0.3 is 0 Å². The van der Waals surface area contributed by atoms with Crippen LogP contribution in [0, 0.1) is 0 Å². The molecule has 2 aromatic carbocycles. The van der Waals surface area contributed by atoms with Gasteiger partial charge in [-0.05, 0) is 43.4 Å². The maximum absolute atomic E-state index is 14.3. The van der Waals surface area contributed by atoms with Gasteiger partial charge in [0.15, 0.2) is 5.96 Å². The van der Waals surface area contributed by atoms with Gasteiger partial charge in [-0.25, -0.2) is 4.98 Å². The first-order valence-corrected chi connectivity index (χ1v) is 22.0. The summed E-state index contributed by atoms with van der Waals surface area (Å²) in [7, 11) is 0. The first-order chi connectivity index (χ1) is 32.0. The Labute approximate surface area is 387 Å². The lowest BCUT2D eigenvalue weighted by Gasteiger charge is -2.26. The van der Waals surface area contributed by atoms with Gasteiger partial charge in [-0.15, -0.1) is 0 Å².